The summed E-state index contributed by atoms with van der Waals surface area (Å²) in [5.74, 6) is 0.676. The Bertz CT molecular complexity index is 3170. The molecule has 0 radical (unpaired) electrons. The molecular weight excluding hydrogens is 597 g/mol. The molecule has 3 heteroatoms. The van der Waals surface area contributed by atoms with Gasteiger partial charge in [-0.1, -0.05) is 127 Å². The zero-order valence-corrected chi connectivity index (χ0v) is 26.3. The van der Waals surface area contributed by atoms with Gasteiger partial charge < -0.3 is 4.42 Å². The Kier molecular flexibility index (Phi) is 5.38. The summed E-state index contributed by atoms with van der Waals surface area (Å²) >= 11 is 0. The normalized spacial score (nSPS) is 12.1. The molecule has 0 unspecified atom stereocenters. The first-order valence-electron chi connectivity index (χ1n) is 16.7. The molecular formula is C46H26N2O. The van der Waals surface area contributed by atoms with Crippen molar-refractivity contribution in [3.05, 3.63) is 158 Å². The number of hydrogen-bond donors (Lipinski definition) is 0. The van der Waals surface area contributed by atoms with Crippen LogP contribution in [0.15, 0.2) is 162 Å². The van der Waals surface area contributed by atoms with E-state index in [-0.39, 0.29) is 0 Å². The smallest absolute Gasteiger partial charge is 0.160 e. The van der Waals surface area contributed by atoms with Gasteiger partial charge in [-0.05, 0) is 84.2 Å². The van der Waals surface area contributed by atoms with Crippen molar-refractivity contribution in [3.8, 4) is 22.6 Å². The highest BCUT2D eigenvalue weighted by Crippen LogP contribution is 2.41. The number of nitrogens with zero attached hydrogens (tertiary/aromatic N) is 2. The van der Waals surface area contributed by atoms with Gasteiger partial charge >= 0.3 is 0 Å². The second-order valence-electron chi connectivity index (χ2n) is 12.9. The van der Waals surface area contributed by atoms with Crippen LogP contribution in [0.25, 0.3) is 109 Å². The first-order valence-corrected chi connectivity index (χ1v) is 16.7. The van der Waals surface area contributed by atoms with E-state index in [0.717, 1.165) is 55.0 Å². The molecule has 11 aromatic rings. The van der Waals surface area contributed by atoms with Crippen LogP contribution in [0.1, 0.15) is 0 Å². The first kappa shape index (κ1) is 26.5. The zero-order valence-electron chi connectivity index (χ0n) is 26.3. The lowest BCUT2D eigenvalue weighted by Crippen LogP contribution is -1.96. The largest absolute Gasteiger partial charge is 0.456 e. The molecule has 0 fully saturated rings. The Morgan fingerprint density at radius 3 is 1.71 bits per heavy atom. The Hall–Kier alpha value is -6.58. The van der Waals surface area contributed by atoms with Gasteiger partial charge in [-0.15, -0.1) is 0 Å². The van der Waals surface area contributed by atoms with E-state index in [0.29, 0.717) is 5.82 Å². The fraction of sp³-hybridized carbons (Fsp3) is 0. The molecule has 3 nitrogen and oxygen atoms in total. The molecule has 11 rings (SSSR count). The summed E-state index contributed by atoms with van der Waals surface area (Å²) in [4.78, 5) is 10.5. The highest BCUT2D eigenvalue weighted by molar-refractivity contribution is 6.28. The quantitative estimate of drug-likeness (QED) is 0.180. The van der Waals surface area contributed by atoms with Crippen molar-refractivity contribution in [2.75, 3.05) is 0 Å². The van der Waals surface area contributed by atoms with E-state index < -0.39 is 0 Å². The average molecular weight is 623 g/mol. The summed E-state index contributed by atoms with van der Waals surface area (Å²) in [5, 5.41) is 15.4. The van der Waals surface area contributed by atoms with Crippen LogP contribution in [0.5, 0.6) is 0 Å². The van der Waals surface area contributed by atoms with Gasteiger partial charge in [0.2, 0.25) is 0 Å². The van der Waals surface area contributed by atoms with Gasteiger partial charge in [0.15, 0.2) is 5.82 Å². The lowest BCUT2D eigenvalue weighted by Gasteiger charge is -2.13. The predicted molar refractivity (Wildman–Crippen MR) is 205 cm³/mol. The molecule has 9 aromatic carbocycles. The van der Waals surface area contributed by atoms with E-state index in [1.54, 1.807) is 0 Å². The molecule has 0 aliphatic rings. The van der Waals surface area contributed by atoms with Crippen molar-refractivity contribution >= 4 is 86.7 Å². The van der Waals surface area contributed by atoms with Gasteiger partial charge in [-0.3, -0.25) is 0 Å². The number of hydrogen-bond acceptors (Lipinski definition) is 3. The van der Waals surface area contributed by atoms with Gasteiger partial charge in [-0.2, -0.15) is 0 Å². The summed E-state index contributed by atoms with van der Waals surface area (Å²) in [6, 6.07) is 56.0. The lowest BCUT2D eigenvalue weighted by molar-refractivity contribution is 0.669. The molecule has 0 amide bonds. The average Bonchev–Trinajstić information content (AvgIpc) is 3.53. The van der Waals surface area contributed by atoms with E-state index in [2.05, 4.69) is 158 Å². The maximum Gasteiger partial charge on any atom is 0.160 e. The molecule has 2 heterocycles. The van der Waals surface area contributed by atoms with E-state index in [4.69, 9.17) is 14.4 Å². The molecule has 49 heavy (non-hydrogen) atoms. The van der Waals surface area contributed by atoms with Crippen LogP contribution in [-0.2, 0) is 0 Å². The predicted octanol–water partition coefficient (Wildman–Crippen LogP) is 12.6. The van der Waals surface area contributed by atoms with Crippen molar-refractivity contribution in [2.45, 2.75) is 0 Å². The number of fused-ring (bicyclic) bond motifs is 13. The van der Waals surface area contributed by atoms with Gasteiger partial charge in [0.05, 0.1) is 11.2 Å². The second-order valence-corrected chi connectivity index (χ2v) is 12.9. The SMILES string of the molecule is c1ccc2c(-c3nc(-c4ccc5c(c4)oc4cc6c7ccccc7c7ccccc7c6cc45)nc4ccc5ccccc5c34)cccc2c1. The number of benzene rings is 9. The van der Waals surface area contributed by atoms with Crippen LogP contribution in [0.4, 0.5) is 0 Å². The highest BCUT2D eigenvalue weighted by Gasteiger charge is 2.18. The Labute approximate surface area is 280 Å². The van der Waals surface area contributed by atoms with Crippen molar-refractivity contribution in [3.63, 3.8) is 0 Å². The minimum absolute atomic E-state index is 0.676. The summed E-state index contributed by atoms with van der Waals surface area (Å²) in [7, 11) is 0. The van der Waals surface area contributed by atoms with E-state index in [1.807, 2.05) is 0 Å². The fourth-order valence-corrected chi connectivity index (χ4v) is 7.97. The standard InChI is InChI=1S/C46H26N2O/c1-3-13-30-27(10-1)12-9-19-37(30)45-44-31-14-4-2-11-28(31)21-23-41(44)47-46(48-45)29-20-22-36-40-25-38-34-17-7-5-15-32(34)33-16-6-8-18-35(33)39(38)26-43(40)49-42(36)24-29/h1-26H. The van der Waals surface area contributed by atoms with Crippen LogP contribution in [-0.4, -0.2) is 9.97 Å². The highest BCUT2D eigenvalue weighted by atomic mass is 16.3. The minimum atomic E-state index is 0.676. The molecule has 0 saturated heterocycles. The van der Waals surface area contributed by atoms with Crippen LogP contribution < -0.4 is 0 Å². The molecule has 0 saturated carbocycles. The molecule has 226 valence electrons. The van der Waals surface area contributed by atoms with Gasteiger partial charge in [0, 0.05) is 27.3 Å². The molecule has 0 N–H and O–H groups in total. The van der Waals surface area contributed by atoms with Crippen molar-refractivity contribution in [1.29, 1.82) is 0 Å². The molecule has 0 aliphatic carbocycles. The number of aromatic nitrogens is 2. The summed E-state index contributed by atoms with van der Waals surface area (Å²) in [6.45, 7) is 0. The third kappa shape index (κ3) is 3.84. The topological polar surface area (TPSA) is 38.9 Å². The molecule has 2 aromatic heterocycles. The van der Waals surface area contributed by atoms with Crippen molar-refractivity contribution in [2.24, 2.45) is 0 Å². The second kappa shape index (κ2) is 9.96. The summed E-state index contributed by atoms with van der Waals surface area (Å²) < 4.78 is 6.65. The van der Waals surface area contributed by atoms with E-state index in [9.17, 15) is 0 Å². The molecule has 0 aliphatic heterocycles. The van der Waals surface area contributed by atoms with E-state index in [1.165, 1.54) is 48.5 Å². The van der Waals surface area contributed by atoms with Crippen molar-refractivity contribution in [1.82, 2.24) is 9.97 Å². The van der Waals surface area contributed by atoms with Crippen LogP contribution >= 0.6 is 0 Å². The first-order chi connectivity index (χ1) is 24.3. The molecule has 0 bridgehead atoms. The lowest BCUT2D eigenvalue weighted by atomic mass is 9.93. The van der Waals surface area contributed by atoms with Gasteiger partial charge in [-0.25, -0.2) is 9.97 Å². The summed E-state index contributed by atoms with van der Waals surface area (Å²) in [5.41, 5.74) is 5.57. The minimum Gasteiger partial charge on any atom is -0.456 e. The number of furan rings is 1. The maximum absolute atomic E-state index is 6.65. The summed E-state index contributed by atoms with van der Waals surface area (Å²) in [6.07, 6.45) is 0. The molecule has 0 atom stereocenters. The third-order valence-electron chi connectivity index (χ3n) is 10.2. The van der Waals surface area contributed by atoms with Gasteiger partial charge in [0.1, 0.15) is 11.2 Å². The zero-order chi connectivity index (χ0) is 32.1. The Morgan fingerprint density at radius 2 is 0.959 bits per heavy atom. The van der Waals surface area contributed by atoms with Crippen molar-refractivity contribution < 1.29 is 4.42 Å². The van der Waals surface area contributed by atoms with Gasteiger partial charge in [0.25, 0.3) is 0 Å². The maximum atomic E-state index is 6.65. The Morgan fingerprint density at radius 1 is 0.367 bits per heavy atom. The molecule has 0 spiro atoms. The Balaban J connectivity index is 1.17. The van der Waals surface area contributed by atoms with Crippen LogP contribution in [0.3, 0.4) is 0 Å². The van der Waals surface area contributed by atoms with Crippen LogP contribution in [0, 0.1) is 0 Å². The third-order valence-corrected chi connectivity index (χ3v) is 10.2. The monoisotopic (exact) mass is 622 g/mol. The van der Waals surface area contributed by atoms with Crippen LogP contribution in [0.2, 0.25) is 0 Å². The fourth-order valence-electron chi connectivity index (χ4n) is 7.97. The number of rotatable bonds is 2. The van der Waals surface area contributed by atoms with E-state index >= 15 is 0 Å².